The minimum Gasteiger partial charge on any atom is -0.343 e. The van der Waals surface area contributed by atoms with Crippen LogP contribution < -0.4 is 0 Å². The van der Waals surface area contributed by atoms with Crippen LogP contribution in [0, 0.1) is 25.4 Å². The van der Waals surface area contributed by atoms with Gasteiger partial charge in [0.1, 0.15) is 10.5 Å². The van der Waals surface area contributed by atoms with Gasteiger partial charge in [-0.2, -0.15) is 0 Å². The van der Waals surface area contributed by atoms with E-state index in [9.17, 15) is 0 Å². The number of rotatable bonds is 1. The lowest BCUT2D eigenvalue weighted by molar-refractivity contribution is 1.02. The summed E-state index contributed by atoms with van der Waals surface area (Å²) in [5.74, 6) is 0.835. The van der Waals surface area contributed by atoms with Crippen molar-refractivity contribution >= 4 is 12.2 Å². The lowest BCUT2D eigenvalue weighted by Gasteiger charge is -2.09. The molecule has 2 aromatic heterocycles. The quantitative estimate of drug-likeness (QED) is 0.767. The van der Waals surface area contributed by atoms with Crippen LogP contribution >= 0.6 is 12.2 Å². The molecule has 4 heteroatoms. The van der Waals surface area contributed by atoms with Gasteiger partial charge in [-0.3, -0.25) is 4.98 Å². The molecule has 0 saturated heterocycles. The van der Waals surface area contributed by atoms with E-state index in [-0.39, 0.29) is 0 Å². The van der Waals surface area contributed by atoms with Crippen LogP contribution in [0.15, 0.2) is 18.5 Å². The molecule has 3 nitrogen and oxygen atoms in total. The molecule has 0 aliphatic rings. The number of aromatic nitrogens is 3. The van der Waals surface area contributed by atoms with Crippen LogP contribution in [-0.2, 0) is 0 Å². The highest BCUT2D eigenvalue weighted by molar-refractivity contribution is 7.71. The standard InChI is InChI=1S/C12H13N3S/c1-7-6-13-5-4-10(7)11-8(2)12(16)15-9(3)14-11/h4-6H,1-3H3,(H,14,15,16). The first-order chi connectivity index (χ1) is 7.59. The summed E-state index contributed by atoms with van der Waals surface area (Å²) in [4.78, 5) is 11.6. The third kappa shape index (κ3) is 1.88. The average molecular weight is 231 g/mol. The molecule has 0 atom stereocenters. The monoisotopic (exact) mass is 231 g/mol. The van der Waals surface area contributed by atoms with Crippen LogP contribution in [0.2, 0.25) is 0 Å². The van der Waals surface area contributed by atoms with Crippen molar-refractivity contribution < 1.29 is 0 Å². The number of nitrogens with zero attached hydrogens (tertiary/aromatic N) is 2. The molecule has 0 unspecified atom stereocenters. The maximum absolute atomic E-state index is 5.22. The summed E-state index contributed by atoms with van der Waals surface area (Å²) in [5, 5.41) is 0. The number of nitrogens with one attached hydrogen (secondary N) is 1. The van der Waals surface area contributed by atoms with Crippen LogP contribution in [0.1, 0.15) is 17.0 Å². The van der Waals surface area contributed by atoms with Gasteiger partial charge >= 0.3 is 0 Å². The summed E-state index contributed by atoms with van der Waals surface area (Å²) in [7, 11) is 0. The molecule has 2 heterocycles. The largest absolute Gasteiger partial charge is 0.343 e. The van der Waals surface area contributed by atoms with Crippen LogP contribution in [0.5, 0.6) is 0 Å². The lowest BCUT2D eigenvalue weighted by atomic mass is 10.1. The Bertz CT molecular complexity index is 587. The van der Waals surface area contributed by atoms with Crippen molar-refractivity contribution in [2.24, 2.45) is 0 Å². The van der Waals surface area contributed by atoms with E-state index in [1.807, 2.05) is 33.0 Å². The van der Waals surface area contributed by atoms with Crippen molar-refractivity contribution in [2.45, 2.75) is 20.8 Å². The molecule has 0 radical (unpaired) electrons. The fraction of sp³-hybridized carbons (Fsp3) is 0.250. The van der Waals surface area contributed by atoms with Crippen molar-refractivity contribution in [3.05, 3.63) is 40.1 Å². The van der Waals surface area contributed by atoms with Gasteiger partial charge in [0, 0.05) is 23.5 Å². The first-order valence-electron chi connectivity index (χ1n) is 5.08. The Morgan fingerprint density at radius 1 is 1.25 bits per heavy atom. The molecule has 2 aromatic rings. The lowest BCUT2D eigenvalue weighted by Crippen LogP contribution is -1.97. The van der Waals surface area contributed by atoms with E-state index in [1.165, 1.54) is 0 Å². The minimum absolute atomic E-state index is 0.655. The van der Waals surface area contributed by atoms with E-state index >= 15 is 0 Å². The average Bonchev–Trinajstić information content (AvgIpc) is 2.24. The Hall–Kier alpha value is -1.55. The van der Waals surface area contributed by atoms with Crippen LogP contribution in [-0.4, -0.2) is 15.0 Å². The molecule has 0 aliphatic carbocycles. The molecule has 16 heavy (non-hydrogen) atoms. The summed E-state index contributed by atoms with van der Waals surface area (Å²) in [6.07, 6.45) is 3.63. The molecule has 0 aliphatic heterocycles. The zero-order valence-electron chi connectivity index (χ0n) is 9.53. The van der Waals surface area contributed by atoms with Crippen molar-refractivity contribution in [1.82, 2.24) is 15.0 Å². The first-order valence-corrected chi connectivity index (χ1v) is 5.49. The summed E-state index contributed by atoms with van der Waals surface area (Å²) in [5.41, 5.74) is 4.30. The summed E-state index contributed by atoms with van der Waals surface area (Å²) >= 11 is 5.22. The normalized spacial score (nSPS) is 10.4. The van der Waals surface area contributed by atoms with Gasteiger partial charge in [-0.25, -0.2) is 4.98 Å². The van der Waals surface area contributed by atoms with Gasteiger partial charge in [-0.15, -0.1) is 0 Å². The maximum atomic E-state index is 5.22. The predicted octanol–water partition coefficient (Wildman–Crippen LogP) is 3.13. The number of hydrogen-bond donors (Lipinski definition) is 1. The molecule has 0 aromatic carbocycles. The molecular weight excluding hydrogens is 218 g/mol. The molecule has 1 N–H and O–H groups in total. The molecular formula is C12H13N3S. The molecule has 0 fully saturated rings. The number of aromatic amines is 1. The molecule has 0 amide bonds. The van der Waals surface area contributed by atoms with Crippen LogP contribution in [0.3, 0.4) is 0 Å². The zero-order valence-corrected chi connectivity index (χ0v) is 10.4. The third-order valence-corrected chi connectivity index (χ3v) is 2.96. The first kappa shape index (κ1) is 11.0. The Morgan fingerprint density at radius 2 is 2.00 bits per heavy atom. The Balaban J connectivity index is 2.74. The van der Waals surface area contributed by atoms with Crippen molar-refractivity contribution in [2.75, 3.05) is 0 Å². The van der Waals surface area contributed by atoms with Crippen LogP contribution in [0.25, 0.3) is 11.3 Å². The minimum atomic E-state index is 0.655. The van der Waals surface area contributed by atoms with Gasteiger partial charge in [-0.05, 0) is 32.4 Å². The molecule has 82 valence electrons. The second-order valence-electron chi connectivity index (χ2n) is 3.82. The maximum Gasteiger partial charge on any atom is 0.133 e. The predicted molar refractivity (Wildman–Crippen MR) is 66.9 cm³/mol. The number of pyridine rings is 1. The van der Waals surface area contributed by atoms with Gasteiger partial charge in [0.25, 0.3) is 0 Å². The zero-order chi connectivity index (χ0) is 11.7. The highest BCUT2D eigenvalue weighted by Crippen LogP contribution is 2.23. The summed E-state index contributed by atoms with van der Waals surface area (Å²) in [6.45, 7) is 5.93. The van der Waals surface area contributed by atoms with Gasteiger partial charge < -0.3 is 4.98 Å². The third-order valence-electron chi connectivity index (χ3n) is 2.56. The molecule has 2 rings (SSSR count). The molecule has 0 spiro atoms. The Morgan fingerprint density at radius 3 is 2.69 bits per heavy atom. The van der Waals surface area contributed by atoms with Crippen molar-refractivity contribution in [3.63, 3.8) is 0 Å². The second-order valence-corrected chi connectivity index (χ2v) is 4.20. The SMILES string of the molecule is Cc1nc(=S)c(C)c(-c2ccncc2C)[nH]1. The van der Waals surface area contributed by atoms with Crippen LogP contribution in [0.4, 0.5) is 0 Å². The fourth-order valence-electron chi connectivity index (χ4n) is 1.67. The highest BCUT2D eigenvalue weighted by Gasteiger charge is 2.07. The number of H-pyrrole nitrogens is 1. The second kappa shape index (κ2) is 4.14. The van der Waals surface area contributed by atoms with Gasteiger partial charge in [0.2, 0.25) is 0 Å². The molecule has 0 bridgehead atoms. The van der Waals surface area contributed by atoms with Gasteiger partial charge in [0.15, 0.2) is 0 Å². The Labute approximate surface area is 99.6 Å². The fourth-order valence-corrected chi connectivity index (χ4v) is 1.91. The smallest absolute Gasteiger partial charge is 0.133 e. The van der Waals surface area contributed by atoms with Crippen molar-refractivity contribution in [1.29, 1.82) is 0 Å². The highest BCUT2D eigenvalue weighted by atomic mass is 32.1. The van der Waals surface area contributed by atoms with E-state index in [4.69, 9.17) is 12.2 Å². The number of aryl methyl sites for hydroxylation is 2. The topological polar surface area (TPSA) is 41.6 Å². The van der Waals surface area contributed by atoms with Gasteiger partial charge in [0.05, 0.1) is 5.69 Å². The van der Waals surface area contributed by atoms with E-state index < -0.39 is 0 Å². The summed E-state index contributed by atoms with van der Waals surface area (Å²) in [6, 6.07) is 1.99. The van der Waals surface area contributed by atoms with E-state index in [1.54, 1.807) is 6.20 Å². The van der Waals surface area contributed by atoms with E-state index in [2.05, 4.69) is 15.0 Å². The van der Waals surface area contributed by atoms with E-state index in [0.717, 1.165) is 28.2 Å². The number of hydrogen-bond acceptors (Lipinski definition) is 3. The van der Waals surface area contributed by atoms with Gasteiger partial charge in [-0.1, -0.05) is 12.2 Å². The van der Waals surface area contributed by atoms with Crippen molar-refractivity contribution in [3.8, 4) is 11.3 Å². The molecule has 0 saturated carbocycles. The van der Waals surface area contributed by atoms with E-state index in [0.29, 0.717) is 4.64 Å². The summed E-state index contributed by atoms with van der Waals surface area (Å²) < 4.78 is 0.655. The Kier molecular flexibility index (Phi) is 2.83.